The Morgan fingerprint density at radius 1 is 1.38 bits per heavy atom. The van der Waals surface area contributed by atoms with E-state index in [-0.39, 0.29) is 24.1 Å². The maximum atomic E-state index is 11.8. The third kappa shape index (κ3) is 5.11. The minimum Gasteiger partial charge on any atom is -0.493 e. The number of hydrogen-bond donors (Lipinski definition) is 2. The summed E-state index contributed by atoms with van der Waals surface area (Å²) in [6, 6.07) is 3.94. The molecule has 0 fully saturated rings. The van der Waals surface area contributed by atoms with E-state index in [1.807, 2.05) is 24.0 Å². The van der Waals surface area contributed by atoms with Gasteiger partial charge in [-0.2, -0.15) is 0 Å². The van der Waals surface area contributed by atoms with Crippen molar-refractivity contribution in [3.63, 3.8) is 0 Å². The molecule has 1 heterocycles. The molecule has 6 nitrogen and oxygen atoms in total. The average Bonchev–Trinajstić information content (AvgIpc) is 2.56. The van der Waals surface area contributed by atoms with Gasteiger partial charge in [0.1, 0.15) is 12.7 Å². The van der Waals surface area contributed by atoms with Gasteiger partial charge >= 0.3 is 0 Å². The molecule has 0 bridgehead atoms. The normalized spacial score (nSPS) is 18.3. The highest BCUT2D eigenvalue weighted by Crippen LogP contribution is 2.38. The van der Waals surface area contributed by atoms with Crippen LogP contribution < -0.4 is 14.8 Å². The summed E-state index contributed by atoms with van der Waals surface area (Å²) < 4.78 is 11.3. The van der Waals surface area contributed by atoms with Crippen molar-refractivity contribution in [1.29, 1.82) is 0 Å². The standard InChI is InChI=1S/C20H32N2O4/c1-13-17-10-18(25-6)19(9-15(17)7-8-22(13)14(2)23)26-12-16(24)11-21-20(3,4)5/h9-10,13,16,21,24H,7-8,11-12H2,1-6H3. The molecule has 1 aromatic rings. The molecule has 146 valence electrons. The second-order valence-electron chi connectivity index (χ2n) is 7.94. The fourth-order valence-corrected chi connectivity index (χ4v) is 3.20. The van der Waals surface area contributed by atoms with E-state index < -0.39 is 6.10 Å². The number of amides is 1. The zero-order valence-corrected chi connectivity index (χ0v) is 16.8. The van der Waals surface area contributed by atoms with Crippen LogP contribution in [-0.4, -0.2) is 54.4 Å². The quantitative estimate of drug-likeness (QED) is 0.810. The molecule has 0 spiro atoms. The summed E-state index contributed by atoms with van der Waals surface area (Å²) in [6.07, 6.45) is 0.176. The average molecular weight is 364 g/mol. The van der Waals surface area contributed by atoms with Crippen LogP contribution in [0, 0.1) is 0 Å². The molecule has 1 aliphatic heterocycles. The zero-order chi connectivity index (χ0) is 19.5. The van der Waals surface area contributed by atoms with Gasteiger partial charge in [0.2, 0.25) is 5.91 Å². The number of fused-ring (bicyclic) bond motifs is 1. The number of rotatable bonds is 6. The van der Waals surface area contributed by atoms with E-state index in [1.165, 1.54) is 0 Å². The minimum atomic E-state index is -0.609. The molecule has 6 heteroatoms. The van der Waals surface area contributed by atoms with Gasteiger partial charge < -0.3 is 24.8 Å². The van der Waals surface area contributed by atoms with Crippen molar-refractivity contribution in [1.82, 2.24) is 10.2 Å². The lowest BCUT2D eigenvalue weighted by atomic mass is 9.93. The lowest BCUT2D eigenvalue weighted by molar-refractivity contribution is -0.131. The maximum Gasteiger partial charge on any atom is 0.219 e. The molecule has 1 amide bonds. The smallest absolute Gasteiger partial charge is 0.219 e. The number of benzene rings is 1. The summed E-state index contributed by atoms with van der Waals surface area (Å²) in [5.41, 5.74) is 2.20. The van der Waals surface area contributed by atoms with Crippen molar-refractivity contribution < 1.29 is 19.4 Å². The van der Waals surface area contributed by atoms with Crippen LogP contribution in [0.3, 0.4) is 0 Å². The van der Waals surface area contributed by atoms with E-state index >= 15 is 0 Å². The van der Waals surface area contributed by atoms with Gasteiger partial charge in [-0.25, -0.2) is 0 Å². The van der Waals surface area contributed by atoms with Crippen LogP contribution >= 0.6 is 0 Å². The summed E-state index contributed by atoms with van der Waals surface area (Å²) in [5, 5.41) is 13.4. The lowest BCUT2D eigenvalue weighted by Crippen LogP contribution is -2.42. The minimum absolute atomic E-state index is 0.0146. The molecule has 2 atom stereocenters. The first-order valence-corrected chi connectivity index (χ1v) is 9.16. The molecule has 2 unspecified atom stereocenters. The van der Waals surface area contributed by atoms with Crippen LogP contribution in [0.2, 0.25) is 0 Å². The van der Waals surface area contributed by atoms with Gasteiger partial charge in [-0.1, -0.05) is 0 Å². The number of ether oxygens (including phenoxy) is 2. The van der Waals surface area contributed by atoms with Crippen LogP contribution in [0.1, 0.15) is 51.8 Å². The number of nitrogens with zero attached hydrogens (tertiary/aromatic N) is 1. The largest absolute Gasteiger partial charge is 0.493 e. The van der Waals surface area contributed by atoms with Crippen LogP contribution in [0.4, 0.5) is 0 Å². The highest BCUT2D eigenvalue weighted by molar-refractivity contribution is 5.74. The molecular weight excluding hydrogens is 332 g/mol. The molecule has 0 aromatic heterocycles. The molecule has 0 saturated heterocycles. The fraction of sp³-hybridized carbons (Fsp3) is 0.650. The molecule has 0 saturated carbocycles. The number of aliphatic hydroxyl groups excluding tert-OH is 1. The highest BCUT2D eigenvalue weighted by Gasteiger charge is 2.27. The number of nitrogens with one attached hydrogen (secondary N) is 1. The molecule has 1 aromatic carbocycles. The van der Waals surface area contributed by atoms with Gasteiger partial charge in [0.15, 0.2) is 11.5 Å². The number of β-amino-alcohol motifs (C(OH)–C–C–N with tert-alkyl or cyclic N) is 1. The summed E-state index contributed by atoms with van der Waals surface area (Å²) >= 11 is 0. The van der Waals surface area contributed by atoms with Crippen LogP contribution in [0.15, 0.2) is 12.1 Å². The summed E-state index contributed by atoms with van der Waals surface area (Å²) in [4.78, 5) is 13.7. The first kappa shape index (κ1) is 20.5. The second-order valence-corrected chi connectivity index (χ2v) is 7.94. The Bertz CT molecular complexity index is 639. The number of aliphatic hydroxyl groups is 1. The molecule has 26 heavy (non-hydrogen) atoms. The van der Waals surface area contributed by atoms with Crippen molar-refractivity contribution in [3.8, 4) is 11.5 Å². The summed E-state index contributed by atoms with van der Waals surface area (Å²) in [6.45, 7) is 11.1. The summed E-state index contributed by atoms with van der Waals surface area (Å²) in [5.74, 6) is 1.33. The van der Waals surface area contributed by atoms with Crippen LogP contribution in [0.5, 0.6) is 11.5 Å². The van der Waals surface area contributed by atoms with Crippen molar-refractivity contribution in [3.05, 3.63) is 23.3 Å². The Hall–Kier alpha value is -1.79. The molecule has 2 N–H and O–H groups in total. The maximum absolute atomic E-state index is 11.8. The third-order valence-electron chi connectivity index (χ3n) is 4.67. The van der Waals surface area contributed by atoms with Gasteiger partial charge in [-0.15, -0.1) is 0 Å². The van der Waals surface area contributed by atoms with E-state index in [9.17, 15) is 9.90 Å². The number of methoxy groups -OCH3 is 1. The van der Waals surface area contributed by atoms with Crippen LogP contribution in [-0.2, 0) is 11.2 Å². The van der Waals surface area contributed by atoms with Crippen molar-refractivity contribution in [2.24, 2.45) is 0 Å². The number of carbonyl (C=O) groups excluding carboxylic acids is 1. The van der Waals surface area contributed by atoms with E-state index in [0.717, 1.165) is 17.5 Å². The molecular formula is C20H32N2O4. The molecule has 0 radical (unpaired) electrons. The molecule has 0 aliphatic carbocycles. The van der Waals surface area contributed by atoms with E-state index in [1.54, 1.807) is 14.0 Å². The van der Waals surface area contributed by atoms with Crippen molar-refractivity contribution >= 4 is 5.91 Å². The Kier molecular flexibility index (Phi) is 6.53. The highest BCUT2D eigenvalue weighted by atomic mass is 16.5. The van der Waals surface area contributed by atoms with Crippen molar-refractivity contribution in [2.75, 3.05) is 26.8 Å². The summed E-state index contributed by atoms with van der Waals surface area (Å²) in [7, 11) is 1.60. The van der Waals surface area contributed by atoms with E-state index in [4.69, 9.17) is 9.47 Å². The van der Waals surface area contributed by atoms with Gasteiger partial charge in [-0.3, -0.25) is 4.79 Å². The Morgan fingerprint density at radius 2 is 2.08 bits per heavy atom. The first-order chi connectivity index (χ1) is 12.1. The zero-order valence-electron chi connectivity index (χ0n) is 16.8. The van der Waals surface area contributed by atoms with Crippen molar-refractivity contribution in [2.45, 2.75) is 58.7 Å². The Labute approximate surface area is 156 Å². The predicted molar refractivity (Wildman–Crippen MR) is 102 cm³/mol. The van der Waals surface area contributed by atoms with Gasteiger partial charge in [0, 0.05) is 25.6 Å². The molecule has 2 rings (SSSR count). The topological polar surface area (TPSA) is 71.0 Å². The second kappa shape index (κ2) is 8.27. The molecule has 1 aliphatic rings. The lowest BCUT2D eigenvalue weighted by Gasteiger charge is -2.35. The number of hydrogen-bond acceptors (Lipinski definition) is 5. The fourth-order valence-electron chi connectivity index (χ4n) is 3.20. The first-order valence-electron chi connectivity index (χ1n) is 9.16. The Morgan fingerprint density at radius 3 is 2.65 bits per heavy atom. The van der Waals surface area contributed by atoms with Gasteiger partial charge in [-0.05, 0) is 57.4 Å². The van der Waals surface area contributed by atoms with Crippen LogP contribution in [0.25, 0.3) is 0 Å². The van der Waals surface area contributed by atoms with E-state index in [2.05, 4.69) is 26.1 Å². The van der Waals surface area contributed by atoms with E-state index in [0.29, 0.717) is 24.6 Å². The monoisotopic (exact) mass is 364 g/mol. The Balaban J connectivity index is 2.10. The third-order valence-corrected chi connectivity index (χ3v) is 4.67. The van der Waals surface area contributed by atoms with Gasteiger partial charge in [0.05, 0.1) is 13.2 Å². The predicted octanol–water partition coefficient (Wildman–Crippen LogP) is 2.29. The SMILES string of the molecule is COc1cc2c(cc1OCC(O)CNC(C)(C)C)CCN(C(C)=O)C2C. The van der Waals surface area contributed by atoms with Gasteiger partial charge in [0.25, 0.3) is 0 Å². The number of carbonyl (C=O) groups is 1.